The number of hydrogen-bond acceptors (Lipinski definition) is 2. The van der Waals surface area contributed by atoms with Gasteiger partial charge in [0.2, 0.25) is 5.91 Å². The number of carbonyl (C=O) groups excluding carboxylic acids is 2. The molecule has 0 saturated carbocycles. The van der Waals surface area contributed by atoms with Crippen molar-refractivity contribution in [3.05, 3.63) is 71.3 Å². The third-order valence-corrected chi connectivity index (χ3v) is 3.63. The number of amides is 1. The topological polar surface area (TPSA) is 46.2 Å². The minimum atomic E-state index is -0.100. The monoisotopic (exact) mass is 295 g/mol. The van der Waals surface area contributed by atoms with Gasteiger partial charge in [0.15, 0.2) is 5.78 Å². The van der Waals surface area contributed by atoms with Crippen LogP contribution in [0.25, 0.3) is 0 Å². The normalized spacial score (nSPS) is 11.7. The fourth-order valence-electron chi connectivity index (χ4n) is 2.25. The van der Waals surface area contributed by atoms with E-state index in [-0.39, 0.29) is 30.6 Å². The minimum absolute atomic E-state index is 0.00233. The van der Waals surface area contributed by atoms with Crippen molar-refractivity contribution in [2.45, 2.75) is 32.7 Å². The Kier molecular flexibility index (Phi) is 5.48. The van der Waals surface area contributed by atoms with Crippen LogP contribution in [0.15, 0.2) is 54.6 Å². The summed E-state index contributed by atoms with van der Waals surface area (Å²) < 4.78 is 0. The zero-order valence-corrected chi connectivity index (χ0v) is 13.0. The van der Waals surface area contributed by atoms with Crippen LogP contribution in [0.2, 0.25) is 0 Å². The van der Waals surface area contributed by atoms with E-state index >= 15 is 0 Å². The van der Waals surface area contributed by atoms with Crippen LogP contribution >= 0.6 is 0 Å². The summed E-state index contributed by atoms with van der Waals surface area (Å²) in [7, 11) is 0. The predicted octanol–water partition coefficient (Wildman–Crippen LogP) is 3.84. The number of benzene rings is 2. The van der Waals surface area contributed by atoms with E-state index in [0.717, 1.165) is 11.1 Å². The Hall–Kier alpha value is -2.42. The van der Waals surface area contributed by atoms with E-state index in [2.05, 4.69) is 5.32 Å². The molecule has 0 aromatic heterocycles. The van der Waals surface area contributed by atoms with Gasteiger partial charge >= 0.3 is 0 Å². The Morgan fingerprint density at radius 3 is 2.23 bits per heavy atom. The molecule has 114 valence electrons. The second-order valence-corrected chi connectivity index (χ2v) is 5.49. The van der Waals surface area contributed by atoms with Crippen molar-refractivity contribution in [2.75, 3.05) is 0 Å². The van der Waals surface area contributed by atoms with Gasteiger partial charge in [0.25, 0.3) is 0 Å². The second kappa shape index (κ2) is 7.55. The van der Waals surface area contributed by atoms with Gasteiger partial charge < -0.3 is 5.32 Å². The summed E-state index contributed by atoms with van der Waals surface area (Å²) in [6.45, 7) is 3.92. The zero-order valence-electron chi connectivity index (χ0n) is 13.0. The van der Waals surface area contributed by atoms with Crippen LogP contribution in [-0.2, 0) is 4.79 Å². The Morgan fingerprint density at radius 1 is 0.955 bits per heavy atom. The number of aryl methyl sites for hydroxylation is 1. The molecule has 0 bridgehead atoms. The molecule has 0 spiro atoms. The Labute approximate surface area is 131 Å². The van der Waals surface area contributed by atoms with E-state index in [0.29, 0.717) is 5.56 Å². The number of Topliss-reactive ketones (excluding diaryl/α,β-unsaturated/α-hetero) is 1. The fourth-order valence-corrected chi connectivity index (χ4v) is 2.25. The van der Waals surface area contributed by atoms with Crippen molar-refractivity contribution in [3.8, 4) is 0 Å². The van der Waals surface area contributed by atoms with Gasteiger partial charge in [-0.15, -0.1) is 0 Å². The fraction of sp³-hybridized carbons (Fsp3) is 0.263. The van der Waals surface area contributed by atoms with Gasteiger partial charge in [-0.05, 0) is 19.4 Å². The molecule has 0 saturated heterocycles. The largest absolute Gasteiger partial charge is 0.350 e. The lowest BCUT2D eigenvalue weighted by Crippen LogP contribution is -2.26. The van der Waals surface area contributed by atoms with Crippen LogP contribution in [0.1, 0.15) is 47.3 Å². The van der Waals surface area contributed by atoms with E-state index in [1.54, 1.807) is 0 Å². The Bertz CT molecular complexity index is 632. The third kappa shape index (κ3) is 4.55. The molecule has 1 unspecified atom stereocenters. The van der Waals surface area contributed by atoms with Crippen LogP contribution in [0.5, 0.6) is 0 Å². The molecule has 2 rings (SSSR count). The summed E-state index contributed by atoms with van der Waals surface area (Å²) in [5.74, 6) is -0.0978. The lowest BCUT2D eigenvalue weighted by atomic mass is 10.0. The summed E-state index contributed by atoms with van der Waals surface area (Å²) in [5.41, 5.74) is 2.83. The average Bonchev–Trinajstić information content (AvgIpc) is 2.54. The molecule has 0 heterocycles. The molecule has 3 heteroatoms. The van der Waals surface area contributed by atoms with Gasteiger partial charge in [0, 0.05) is 18.4 Å². The van der Waals surface area contributed by atoms with E-state index in [1.165, 1.54) is 0 Å². The first-order valence-corrected chi connectivity index (χ1v) is 7.50. The van der Waals surface area contributed by atoms with E-state index in [1.807, 2.05) is 68.4 Å². The molecule has 0 aliphatic heterocycles. The van der Waals surface area contributed by atoms with E-state index in [4.69, 9.17) is 0 Å². The van der Waals surface area contributed by atoms with Crippen LogP contribution in [0.4, 0.5) is 0 Å². The maximum atomic E-state index is 12.0. The van der Waals surface area contributed by atoms with Crippen molar-refractivity contribution in [1.29, 1.82) is 0 Å². The maximum absolute atomic E-state index is 12.0. The lowest BCUT2D eigenvalue weighted by Gasteiger charge is -2.14. The summed E-state index contributed by atoms with van der Waals surface area (Å²) in [5, 5.41) is 2.92. The van der Waals surface area contributed by atoms with E-state index < -0.39 is 0 Å². The smallest absolute Gasteiger partial charge is 0.220 e. The highest BCUT2D eigenvalue weighted by Gasteiger charge is 2.12. The number of rotatable bonds is 6. The van der Waals surface area contributed by atoms with Gasteiger partial charge in [0.1, 0.15) is 0 Å². The third-order valence-electron chi connectivity index (χ3n) is 3.63. The number of carbonyl (C=O) groups is 2. The average molecular weight is 295 g/mol. The molecule has 0 aliphatic carbocycles. The first-order valence-electron chi connectivity index (χ1n) is 7.50. The molecular formula is C19H21NO2. The molecule has 0 fully saturated rings. The highest BCUT2D eigenvalue weighted by Crippen LogP contribution is 2.12. The molecule has 2 aromatic rings. The van der Waals surface area contributed by atoms with Gasteiger partial charge in [-0.2, -0.15) is 0 Å². The summed E-state index contributed by atoms with van der Waals surface area (Å²) in [4.78, 5) is 24.0. The van der Waals surface area contributed by atoms with Crippen LogP contribution in [0, 0.1) is 6.92 Å². The van der Waals surface area contributed by atoms with Gasteiger partial charge in [-0.1, -0.05) is 60.2 Å². The maximum Gasteiger partial charge on any atom is 0.220 e. The van der Waals surface area contributed by atoms with Crippen molar-refractivity contribution in [3.63, 3.8) is 0 Å². The quantitative estimate of drug-likeness (QED) is 0.823. The SMILES string of the molecule is Cc1ccc(C(=O)CCC(=O)NC(C)c2ccccc2)cc1. The summed E-state index contributed by atoms with van der Waals surface area (Å²) in [6.07, 6.45) is 0.445. The van der Waals surface area contributed by atoms with Crippen LogP contribution < -0.4 is 5.32 Å². The zero-order chi connectivity index (χ0) is 15.9. The van der Waals surface area contributed by atoms with Gasteiger partial charge in [-0.25, -0.2) is 0 Å². The van der Waals surface area contributed by atoms with E-state index in [9.17, 15) is 9.59 Å². The molecule has 0 aliphatic rings. The Balaban J connectivity index is 1.82. The van der Waals surface area contributed by atoms with Crippen molar-refractivity contribution >= 4 is 11.7 Å². The lowest BCUT2D eigenvalue weighted by molar-refractivity contribution is -0.121. The Morgan fingerprint density at radius 2 is 1.59 bits per heavy atom. The number of hydrogen-bond donors (Lipinski definition) is 1. The first kappa shape index (κ1) is 16.0. The first-order chi connectivity index (χ1) is 10.6. The molecule has 0 radical (unpaired) electrons. The molecule has 1 N–H and O–H groups in total. The molecule has 1 amide bonds. The van der Waals surface area contributed by atoms with Crippen molar-refractivity contribution in [1.82, 2.24) is 5.32 Å². The highest BCUT2D eigenvalue weighted by atomic mass is 16.2. The van der Waals surface area contributed by atoms with Crippen molar-refractivity contribution in [2.24, 2.45) is 0 Å². The minimum Gasteiger partial charge on any atom is -0.350 e. The number of nitrogens with one attached hydrogen (secondary N) is 1. The molecule has 3 nitrogen and oxygen atoms in total. The van der Waals surface area contributed by atoms with Gasteiger partial charge in [0.05, 0.1) is 6.04 Å². The standard InChI is InChI=1S/C19H21NO2/c1-14-8-10-17(11-9-14)18(21)12-13-19(22)20-15(2)16-6-4-3-5-7-16/h3-11,15H,12-13H2,1-2H3,(H,20,22). The number of ketones is 1. The van der Waals surface area contributed by atoms with Gasteiger partial charge in [-0.3, -0.25) is 9.59 Å². The second-order valence-electron chi connectivity index (χ2n) is 5.49. The molecular weight excluding hydrogens is 274 g/mol. The van der Waals surface area contributed by atoms with Crippen LogP contribution in [0.3, 0.4) is 0 Å². The van der Waals surface area contributed by atoms with Crippen molar-refractivity contribution < 1.29 is 9.59 Å². The summed E-state index contributed by atoms with van der Waals surface area (Å²) in [6, 6.07) is 17.2. The molecule has 1 atom stereocenters. The highest BCUT2D eigenvalue weighted by molar-refractivity contribution is 5.98. The predicted molar refractivity (Wildman–Crippen MR) is 87.7 cm³/mol. The summed E-state index contributed by atoms with van der Waals surface area (Å²) >= 11 is 0. The molecule has 22 heavy (non-hydrogen) atoms. The molecule has 2 aromatic carbocycles. The van der Waals surface area contributed by atoms with Crippen LogP contribution in [-0.4, -0.2) is 11.7 Å².